The number of nitroso groups, excluding NO2 is 2. The van der Waals surface area contributed by atoms with Crippen molar-refractivity contribution in [3.63, 3.8) is 0 Å². The van der Waals surface area contributed by atoms with Crippen molar-refractivity contribution in [2.75, 3.05) is 0 Å². The highest BCUT2D eigenvalue weighted by Gasteiger charge is 2.17. The first-order valence-electron chi connectivity index (χ1n) is 7.68. The zero-order valence-corrected chi connectivity index (χ0v) is 12.9. The Morgan fingerprint density at radius 3 is 1.04 bits per heavy atom. The second kappa shape index (κ2) is 7.42. The number of rotatable bonds is 6. The van der Waals surface area contributed by atoms with E-state index in [4.69, 9.17) is 0 Å². The molecule has 0 amide bonds. The van der Waals surface area contributed by atoms with Gasteiger partial charge in [0.2, 0.25) is 0 Å². The minimum atomic E-state index is -0.556. The van der Waals surface area contributed by atoms with Crippen LogP contribution in [0.1, 0.15) is 34.3 Å². The van der Waals surface area contributed by atoms with Crippen LogP contribution >= 0.6 is 0 Å². The summed E-state index contributed by atoms with van der Waals surface area (Å²) in [5.74, 6) is 0. The molecule has 0 aromatic heterocycles. The molecule has 4 heteroatoms. The van der Waals surface area contributed by atoms with Gasteiger partial charge in [-0.05, 0) is 22.3 Å². The van der Waals surface area contributed by atoms with E-state index in [1.54, 1.807) is 0 Å². The molecule has 0 spiro atoms. The summed E-state index contributed by atoms with van der Waals surface area (Å²) < 4.78 is 0. The van der Waals surface area contributed by atoms with E-state index in [0.717, 1.165) is 22.3 Å². The normalized spacial score (nSPS) is 13.0. The SMILES string of the molecule is O=NC(c1ccccc1)c1ccc(C(N=O)c2ccccc2)cc1. The molecule has 4 nitrogen and oxygen atoms in total. The molecule has 0 radical (unpaired) electrons. The maximum Gasteiger partial charge on any atom is 0.142 e. The summed E-state index contributed by atoms with van der Waals surface area (Å²) in [4.78, 5) is 22.6. The fourth-order valence-corrected chi connectivity index (χ4v) is 2.76. The Labute approximate surface area is 140 Å². The van der Waals surface area contributed by atoms with Crippen molar-refractivity contribution in [3.8, 4) is 0 Å². The van der Waals surface area contributed by atoms with Crippen molar-refractivity contribution >= 4 is 0 Å². The number of hydrogen-bond donors (Lipinski definition) is 0. The molecule has 0 aliphatic rings. The first kappa shape index (κ1) is 15.7. The van der Waals surface area contributed by atoms with Gasteiger partial charge in [-0.15, -0.1) is 9.81 Å². The van der Waals surface area contributed by atoms with Crippen molar-refractivity contribution in [2.24, 2.45) is 10.4 Å². The molecular formula is C20H16N2O2. The molecule has 0 saturated heterocycles. The zero-order chi connectivity index (χ0) is 16.8. The van der Waals surface area contributed by atoms with Crippen LogP contribution < -0.4 is 0 Å². The monoisotopic (exact) mass is 316 g/mol. The third kappa shape index (κ3) is 3.27. The summed E-state index contributed by atoms with van der Waals surface area (Å²) in [7, 11) is 0. The van der Waals surface area contributed by atoms with Gasteiger partial charge in [0.15, 0.2) is 0 Å². The summed E-state index contributed by atoms with van der Waals surface area (Å²) in [5.41, 5.74) is 3.26. The molecule has 0 fully saturated rings. The van der Waals surface area contributed by atoms with Gasteiger partial charge in [-0.3, -0.25) is 0 Å². The van der Waals surface area contributed by atoms with Crippen molar-refractivity contribution in [1.29, 1.82) is 0 Å². The highest BCUT2D eigenvalue weighted by molar-refractivity contribution is 5.37. The molecule has 24 heavy (non-hydrogen) atoms. The third-order valence-electron chi connectivity index (χ3n) is 4.01. The lowest BCUT2D eigenvalue weighted by Gasteiger charge is -2.13. The molecule has 3 aromatic rings. The first-order valence-corrected chi connectivity index (χ1v) is 7.68. The molecule has 0 heterocycles. The molecule has 0 aliphatic heterocycles. The van der Waals surface area contributed by atoms with Crippen LogP contribution in [0.4, 0.5) is 0 Å². The van der Waals surface area contributed by atoms with Gasteiger partial charge >= 0.3 is 0 Å². The lowest BCUT2D eigenvalue weighted by atomic mass is 9.95. The van der Waals surface area contributed by atoms with Gasteiger partial charge in [-0.25, -0.2) is 0 Å². The van der Waals surface area contributed by atoms with Crippen LogP contribution in [0.3, 0.4) is 0 Å². The summed E-state index contributed by atoms with van der Waals surface area (Å²) >= 11 is 0. The Morgan fingerprint density at radius 2 is 0.750 bits per heavy atom. The Hall–Kier alpha value is -3.14. The van der Waals surface area contributed by atoms with Crippen LogP contribution in [0.15, 0.2) is 95.3 Å². The van der Waals surface area contributed by atoms with Crippen LogP contribution in [0.25, 0.3) is 0 Å². The second-order valence-electron chi connectivity index (χ2n) is 5.50. The lowest BCUT2D eigenvalue weighted by molar-refractivity contribution is 0.843. The van der Waals surface area contributed by atoms with E-state index in [9.17, 15) is 9.81 Å². The molecule has 0 saturated carbocycles. The summed E-state index contributed by atoms with van der Waals surface area (Å²) in [6.45, 7) is 0. The van der Waals surface area contributed by atoms with Crippen LogP contribution in [-0.4, -0.2) is 0 Å². The topological polar surface area (TPSA) is 58.9 Å². The van der Waals surface area contributed by atoms with Crippen molar-refractivity contribution in [2.45, 2.75) is 12.1 Å². The minimum Gasteiger partial charge on any atom is -0.150 e. The van der Waals surface area contributed by atoms with Gasteiger partial charge in [-0.2, -0.15) is 0 Å². The van der Waals surface area contributed by atoms with Crippen molar-refractivity contribution < 1.29 is 0 Å². The van der Waals surface area contributed by atoms with E-state index in [1.807, 2.05) is 84.9 Å². The van der Waals surface area contributed by atoms with Crippen LogP contribution in [0.5, 0.6) is 0 Å². The average Bonchev–Trinajstić information content (AvgIpc) is 2.66. The Bertz CT molecular complexity index is 732. The van der Waals surface area contributed by atoms with Gasteiger partial charge in [0.1, 0.15) is 12.1 Å². The first-order chi connectivity index (χ1) is 11.8. The van der Waals surface area contributed by atoms with E-state index >= 15 is 0 Å². The highest BCUT2D eigenvalue weighted by Crippen LogP contribution is 2.30. The molecule has 2 atom stereocenters. The van der Waals surface area contributed by atoms with Crippen LogP contribution in [0.2, 0.25) is 0 Å². The Morgan fingerprint density at radius 1 is 0.458 bits per heavy atom. The lowest BCUT2D eigenvalue weighted by Crippen LogP contribution is -2.00. The van der Waals surface area contributed by atoms with E-state index < -0.39 is 12.1 Å². The van der Waals surface area contributed by atoms with E-state index in [2.05, 4.69) is 10.4 Å². The second-order valence-corrected chi connectivity index (χ2v) is 5.50. The van der Waals surface area contributed by atoms with E-state index in [-0.39, 0.29) is 0 Å². The molecule has 0 N–H and O–H groups in total. The van der Waals surface area contributed by atoms with E-state index in [1.165, 1.54) is 0 Å². The Kier molecular flexibility index (Phi) is 4.87. The molecule has 118 valence electrons. The predicted molar refractivity (Wildman–Crippen MR) is 94.6 cm³/mol. The van der Waals surface area contributed by atoms with Gasteiger partial charge < -0.3 is 0 Å². The molecule has 0 aliphatic carbocycles. The minimum absolute atomic E-state index is 0.556. The largest absolute Gasteiger partial charge is 0.150 e. The average molecular weight is 316 g/mol. The van der Waals surface area contributed by atoms with Crippen LogP contribution in [0, 0.1) is 9.81 Å². The van der Waals surface area contributed by atoms with Gasteiger partial charge in [-0.1, -0.05) is 95.3 Å². The number of nitrogens with zero attached hydrogens (tertiary/aromatic N) is 2. The van der Waals surface area contributed by atoms with E-state index in [0.29, 0.717) is 0 Å². The summed E-state index contributed by atoms with van der Waals surface area (Å²) in [6, 6.07) is 25.0. The summed E-state index contributed by atoms with van der Waals surface area (Å²) in [5, 5.41) is 6.49. The molecule has 2 unspecified atom stereocenters. The van der Waals surface area contributed by atoms with Crippen LogP contribution in [-0.2, 0) is 0 Å². The predicted octanol–water partition coefficient (Wildman–Crippen LogP) is 5.40. The smallest absolute Gasteiger partial charge is 0.142 e. The number of benzene rings is 3. The summed E-state index contributed by atoms with van der Waals surface area (Å²) in [6.07, 6.45) is 0. The fraction of sp³-hybridized carbons (Fsp3) is 0.100. The zero-order valence-electron chi connectivity index (χ0n) is 12.9. The van der Waals surface area contributed by atoms with Gasteiger partial charge in [0.05, 0.1) is 0 Å². The molecule has 0 bridgehead atoms. The third-order valence-corrected chi connectivity index (χ3v) is 4.01. The maximum absolute atomic E-state index is 11.3. The molecule has 3 aromatic carbocycles. The fourth-order valence-electron chi connectivity index (χ4n) is 2.76. The van der Waals surface area contributed by atoms with Crippen molar-refractivity contribution in [1.82, 2.24) is 0 Å². The van der Waals surface area contributed by atoms with Gasteiger partial charge in [0, 0.05) is 0 Å². The quantitative estimate of drug-likeness (QED) is 0.572. The molecular weight excluding hydrogens is 300 g/mol. The maximum atomic E-state index is 11.3. The Balaban J connectivity index is 1.90. The standard InChI is InChI=1S/C20H16N2O2/c23-21-19(15-7-3-1-4-8-15)17-11-13-18(14-12-17)20(22-24)16-9-5-2-6-10-16/h1-14,19-20H. The molecule has 3 rings (SSSR count). The van der Waals surface area contributed by atoms with Gasteiger partial charge in [0.25, 0.3) is 0 Å². The van der Waals surface area contributed by atoms with Crippen molar-refractivity contribution in [3.05, 3.63) is 117 Å². The number of hydrogen-bond acceptors (Lipinski definition) is 4. The highest BCUT2D eigenvalue weighted by atomic mass is 16.3.